The number of aliphatic hydroxyl groups is 1. The highest BCUT2D eigenvalue weighted by Crippen LogP contribution is 2.36. The van der Waals surface area contributed by atoms with Gasteiger partial charge in [-0.2, -0.15) is 0 Å². The third-order valence-electron chi connectivity index (χ3n) is 3.74. The Bertz CT molecular complexity index is 450. The van der Waals surface area contributed by atoms with Crippen molar-refractivity contribution in [2.45, 2.75) is 58.3 Å². The van der Waals surface area contributed by atoms with Crippen molar-refractivity contribution in [1.29, 1.82) is 0 Å². The molecule has 0 bridgehead atoms. The Morgan fingerprint density at radius 3 is 1.84 bits per heavy atom. The maximum absolute atomic E-state index is 9.82. The van der Waals surface area contributed by atoms with Gasteiger partial charge in [0.2, 0.25) is 0 Å². The van der Waals surface area contributed by atoms with E-state index in [9.17, 15) is 5.11 Å². The number of rotatable bonds is 2. The molecule has 104 valence electrons. The van der Waals surface area contributed by atoms with E-state index in [1.165, 1.54) is 0 Å². The predicted octanol–water partition coefficient (Wildman–Crippen LogP) is 1.00. The lowest BCUT2D eigenvalue weighted by molar-refractivity contribution is 0.00578. The molecule has 19 heavy (non-hydrogen) atoms. The monoisotopic (exact) mass is 264 g/mol. The first kappa shape index (κ1) is 14.4. The average Bonchev–Trinajstić information content (AvgIpc) is 2.47. The molecule has 0 aromatic carbocycles. The quantitative estimate of drug-likeness (QED) is 0.807. The molecule has 0 atom stereocenters. The minimum absolute atomic E-state index is 0.382. The summed E-state index contributed by atoms with van der Waals surface area (Å²) < 4.78 is 11.8. The maximum Gasteiger partial charge on any atom is 0.498 e. The molecule has 0 saturated carbocycles. The molecule has 1 aliphatic heterocycles. The Kier molecular flexibility index (Phi) is 3.24. The van der Waals surface area contributed by atoms with E-state index in [1.807, 2.05) is 27.7 Å². The number of hydrogen-bond acceptors (Lipinski definition) is 5. The van der Waals surface area contributed by atoms with Crippen molar-refractivity contribution in [2.75, 3.05) is 0 Å². The highest BCUT2D eigenvalue weighted by molar-refractivity contribution is 6.61. The molecule has 1 aromatic rings. The van der Waals surface area contributed by atoms with Gasteiger partial charge in [-0.05, 0) is 41.5 Å². The van der Waals surface area contributed by atoms with Gasteiger partial charge in [-0.3, -0.25) is 0 Å². The Morgan fingerprint density at radius 2 is 1.47 bits per heavy atom. The van der Waals surface area contributed by atoms with E-state index in [4.69, 9.17) is 9.31 Å². The van der Waals surface area contributed by atoms with Crippen LogP contribution in [-0.2, 0) is 14.9 Å². The van der Waals surface area contributed by atoms with Crippen molar-refractivity contribution in [3.63, 3.8) is 0 Å². The van der Waals surface area contributed by atoms with Crippen LogP contribution >= 0.6 is 0 Å². The fourth-order valence-corrected chi connectivity index (χ4v) is 1.75. The van der Waals surface area contributed by atoms with Gasteiger partial charge in [0.1, 0.15) is 5.60 Å². The van der Waals surface area contributed by atoms with Crippen LogP contribution in [0.4, 0.5) is 0 Å². The first-order valence-electron chi connectivity index (χ1n) is 6.43. The smallest absolute Gasteiger partial charge is 0.399 e. The molecular formula is C13H21BN2O3. The van der Waals surface area contributed by atoms with Gasteiger partial charge in [0.25, 0.3) is 0 Å². The van der Waals surface area contributed by atoms with Crippen molar-refractivity contribution in [2.24, 2.45) is 0 Å². The third kappa shape index (κ3) is 2.66. The fourth-order valence-electron chi connectivity index (χ4n) is 1.75. The summed E-state index contributed by atoms with van der Waals surface area (Å²) in [7, 11) is -0.471. The van der Waals surface area contributed by atoms with Gasteiger partial charge in [0.05, 0.1) is 11.2 Å². The summed E-state index contributed by atoms with van der Waals surface area (Å²) in [6.07, 6.45) is 3.28. The molecule has 2 rings (SSSR count). The van der Waals surface area contributed by atoms with Gasteiger partial charge in [-0.25, -0.2) is 9.97 Å². The zero-order valence-corrected chi connectivity index (χ0v) is 12.4. The first-order chi connectivity index (χ1) is 8.53. The van der Waals surface area contributed by atoms with E-state index in [2.05, 4.69) is 9.97 Å². The number of hydrogen-bond donors (Lipinski definition) is 1. The summed E-state index contributed by atoms with van der Waals surface area (Å²) in [5, 5.41) is 9.82. The molecule has 1 N–H and O–H groups in total. The second-order valence-electron chi connectivity index (χ2n) is 6.49. The Morgan fingerprint density at radius 1 is 1.05 bits per heavy atom. The van der Waals surface area contributed by atoms with Gasteiger partial charge in [-0.15, -0.1) is 0 Å². The summed E-state index contributed by atoms with van der Waals surface area (Å²) in [6, 6.07) is 0. The van der Waals surface area contributed by atoms with E-state index in [1.54, 1.807) is 26.2 Å². The first-order valence-corrected chi connectivity index (χ1v) is 6.43. The molecule has 1 aromatic heterocycles. The van der Waals surface area contributed by atoms with Gasteiger partial charge >= 0.3 is 7.12 Å². The zero-order valence-electron chi connectivity index (χ0n) is 12.4. The lowest BCUT2D eigenvalue weighted by Crippen LogP contribution is -2.41. The molecule has 1 fully saturated rings. The molecule has 2 heterocycles. The molecule has 1 saturated heterocycles. The molecule has 0 spiro atoms. The Hall–Kier alpha value is -0.975. The number of aromatic nitrogens is 2. The average molecular weight is 264 g/mol. The van der Waals surface area contributed by atoms with Crippen molar-refractivity contribution >= 4 is 12.6 Å². The Balaban J connectivity index is 2.22. The summed E-state index contributed by atoms with van der Waals surface area (Å²) in [4.78, 5) is 8.34. The van der Waals surface area contributed by atoms with Crippen LogP contribution in [-0.4, -0.2) is 33.4 Å². The molecule has 0 unspecified atom stereocenters. The van der Waals surface area contributed by atoms with Crippen molar-refractivity contribution in [3.05, 3.63) is 18.2 Å². The topological polar surface area (TPSA) is 64.5 Å². The second kappa shape index (κ2) is 4.26. The van der Waals surface area contributed by atoms with Crippen LogP contribution in [0.15, 0.2) is 12.4 Å². The van der Waals surface area contributed by atoms with Crippen LogP contribution in [0.1, 0.15) is 47.4 Å². The van der Waals surface area contributed by atoms with Gasteiger partial charge < -0.3 is 14.4 Å². The molecule has 0 aliphatic carbocycles. The Labute approximate surface area is 114 Å². The normalized spacial score (nSPS) is 21.7. The maximum atomic E-state index is 9.82. The van der Waals surface area contributed by atoms with Gasteiger partial charge in [0, 0.05) is 17.9 Å². The van der Waals surface area contributed by atoms with E-state index in [-0.39, 0.29) is 11.2 Å². The largest absolute Gasteiger partial charge is 0.498 e. The highest BCUT2D eigenvalue weighted by atomic mass is 16.7. The summed E-state index contributed by atoms with van der Waals surface area (Å²) in [5.74, 6) is 0.382. The second-order valence-corrected chi connectivity index (χ2v) is 6.49. The molecule has 1 aliphatic rings. The van der Waals surface area contributed by atoms with E-state index < -0.39 is 12.7 Å². The predicted molar refractivity (Wildman–Crippen MR) is 73.0 cm³/mol. The highest BCUT2D eigenvalue weighted by Gasteiger charge is 2.52. The van der Waals surface area contributed by atoms with Crippen LogP contribution in [0.2, 0.25) is 0 Å². The van der Waals surface area contributed by atoms with E-state index >= 15 is 0 Å². The van der Waals surface area contributed by atoms with Crippen LogP contribution in [0, 0.1) is 0 Å². The molecular weight excluding hydrogens is 243 g/mol. The van der Waals surface area contributed by atoms with Crippen LogP contribution in [0.3, 0.4) is 0 Å². The molecule has 5 nitrogen and oxygen atoms in total. The van der Waals surface area contributed by atoms with Gasteiger partial charge in [0.15, 0.2) is 5.82 Å². The minimum Gasteiger partial charge on any atom is -0.399 e. The van der Waals surface area contributed by atoms with Crippen molar-refractivity contribution < 1.29 is 14.4 Å². The van der Waals surface area contributed by atoms with E-state index in [0.717, 1.165) is 5.46 Å². The third-order valence-corrected chi connectivity index (χ3v) is 3.74. The summed E-state index contributed by atoms with van der Waals surface area (Å²) in [6.45, 7) is 11.3. The van der Waals surface area contributed by atoms with Gasteiger partial charge in [-0.1, -0.05) is 0 Å². The summed E-state index contributed by atoms with van der Waals surface area (Å²) in [5.41, 5.74) is -1.06. The number of nitrogens with zero attached hydrogens (tertiary/aromatic N) is 2. The zero-order chi connectivity index (χ0) is 14.5. The molecule has 0 amide bonds. The van der Waals surface area contributed by atoms with Crippen molar-refractivity contribution in [1.82, 2.24) is 9.97 Å². The lowest BCUT2D eigenvalue weighted by Gasteiger charge is -2.32. The standard InChI is InChI=1S/C13H21BN2O3/c1-11(2,17)10-15-7-9(8-16-10)14-18-12(3,4)13(5,6)19-14/h7-8,17H,1-6H3. The minimum atomic E-state index is -1.05. The lowest BCUT2D eigenvalue weighted by atomic mass is 9.81. The van der Waals surface area contributed by atoms with Crippen LogP contribution < -0.4 is 5.46 Å². The van der Waals surface area contributed by atoms with Crippen LogP contribution in [0.5, 0.6) is 0 Å². The molecule has 0 radical (unpaired) electrons. The van der Waals surface area contributed by atoms with Crippen molar-refractivity contribution in [3.8, 4) is 0 Å². The summed E-state index contributed by atoms with van der Waals surface area (Å²) >= 11 is 0. The molecule has 6 heteroatoms. The van der Waals surface area contributed by atoms with E-state index in [0.29, 0.717) is 5.82 Å². The fraction of sp³-hybridized carbons (Fsp3) is 0.692. The van der Waals surface area contributed by atoms with Crippen LogP contribution in [0.25, 0.3) is 0 Å². The SMILES string of the molecule is CC(C)(O)c1ncc(B2OC(C)(C)C(C)(C)O2)cn1.